The molecule has 1 amide bonds. The number of nitrogens with one attached hydrogen (secondary N) is 2. The van der Waals surface area contributed by atoms with E-state index in [1.807, 2.05) is 0 Å². The first-order valence-electron chi connectivity index (χ1n) is 8.93. The summed E-state index contributed by atoms with van der Waals surface area (Å²) in [4.78, 5) is 14.9. The van der Waals surface area contributed by atoms with Crippen LogP contribution in [-0.4, -0.2) is 62.8 Å². The topological polar surface area (TPSA) is 53.6 Å². The molecule has 2 heterocycles. The van der Waals surface area contributed by atoms with Crippen LogP contribution in [0.4, 0.5) is 0 Å². The maximum Gasteiger partial charge on any atom is 0.252 e. The molecule has 2 aliphatic heterocycles. The minimum atomic E-state index is -0.603. The van der Waals surface area contributed by atoms with Crippen LogP contribution < -0.4 is 10.6 Å². The Morgan fingerprint density at radius 2 is 1.83 bits per heavy atom. The van der Waals surface area contributed by atoms with Crippen LogP contribution in [0.15, 0.2) is 0 Å². The second kappa shape index (κ2) is 12.3. The van der Waals surface area contributed by atoms with Gasteiger partial charge < -0.3 is 20.3 Å². The molecule has 144 valence electrons. The van der Waals surface area contributed by atoms with Crippen molar-refractivity contribution in [3.05, 3.63) is 0 Å². The summed E-state index contributed by atoms with van der Waals surface area (Å²) in [7, 11) is 1.66. The SMILES string of the molecule is COC1(C(=O)NCCCCN2CCC(C)CC2)CCNCC1.Cl.Cl. The van der Waals surface area contributed by atoms with Gasteiger partial charge in [-0.15, -0.1) is 24.8 Å². The van der Waals surface area contributed by atoms with Gasteiger partial charge in [-0.05, 0) is 77.2 Å². The molecule has 0 spiro atoms. The number of halogens is 2. The van der Waals surface area contributed by atoms with E-state index in [0.717, 1.165) is 51.2 Å². The van der Waals surface area contributed by atoms with E-state index in [9.17, 15) is 4.79 Å². The normalized spacial score (nSPS) is 21.4. The molecule has 0 aromatic heterocycles. The third kappa shape index (κ3) is 7.04. The molecular weight excluding hydrogens is 349 g/mol. The molecule has 0 aromatic carbocycles. The maximum atomic E-state index is 12.4. The van der Waals surface area contributed by atoms with Crippen LogP contribution in [0.2, 0.25) is 0 Å². The van der Waals surface area contributed by atoms with Gasteiger partial charge in [0.15, 0.2) is 0 Å². The van der Waals surface area contributed by atoms with E-state index in [0.29, 0.717) is 0 Å². The highest BCUT2D eigenvalue weighted by Gasteiger charge is 2.39. The molecule has 0 unspecified atom stereocenters. The van der Waals surface area contributed by atoms with Crippen LogP contribution in [0, 0.1) is 5.92 Å². The lowest BCUT2D eigenvalue weighted by molar-refractivity contribution is -0.146. The van der Waals surface area contributed by atoms with Gasteiger partial charge in [-0.3, -0.25) is 4.79 Å². The Kier molecular flexibility index (Phi) is 12.3. The molecule has 0 aliphatic carbocycles. The lowest BCUT2D eigenvalue weighted by Crippen LogP contribution is -2.54. The molecule has 2 rings (SSSR count). The molecule has 2 saturated heterocycles. The van der Waals surface area contributed by atoms with E-state index in [4.69, 9.17) is 4.74 Å². The number of carbonyl (C=O) groups excluding carboxylic acids is 1. The average Bonchev–Trinajstić information content (AvgIpc) is 2.56. The molecule has 0 saturated carbocycles. The van der Waals surface area contributed by atoms with Crippen molar-refractivity contribution >= 4 is 30.7 Å². The molecule has 5 nitrogen and oxygen atoms in total. The van der Waals surface area contributed by atoms with Crippen LogP contribution >= 0.6 is 24.8 Å². The third-order valence-electron chi connectivity index (χ3n) is 5.28. The zero-order valence-electron chi connectivity index (χ0n) is 15.1. The third-order valence-corrected chi connectivity index (χ3v) is 5.28. The van der Waals surface area contributed by atoms with Gasteiger partial charge in [0.25, 0.3) is 5.91 Å². The quantitative estimate of drug-likeness (QED) is 0.661. The Bertz CT molecular complexity index is 345. The average molecular weight is 384 g/mol. The van der Waals surface area contributed by atoms with Crippen molar-refractivity contribution in [3.8, 4) is 0 Å². The number of rotatable bonds is 7. The van der Waals surface area contributed by atoms with Crippen molar-refractivity contribution < 1.29 is 9.53 Å². The first-order valence-corrected chi connectivity index (χ1v) is 8.93. The van der Waals surface area contributed by atoms with E-state index >= 15 is 0 Å². The summed E-state index contributed by atoms with van der Waals surface area (Å²) in [6.45, 7) is 8.48. The van der Waals surface area contributed by atoms with E-state index in [-0.39, 0.29) is 30.7 Å². The number of methoxy groups -OCH3 is 1. The van der Waals surface area contributed by atoms with Crippen LogP contribution in [0.1, 0.15) is 45.4 Å². The fraction of sp³-hybridized carbons (Fsp3) is 0.941. The summed E-state index contributed by atoms with van der Waals surface area (Å²) in [5, 5.41) is 6.36. The minimum absolute atomic E-state index is 0. The summed E-state index contributed by atoms with van der Waals surface area (Å²) in [5.41, 5.74) is -0.603. The smallest absolute Gasteiger partial charge is 0.252 e. The lowest BCUT2D eigenvalue weighted by Gasteiger charge is -2.34. The van der Waals surface area contributed by atoms with Gasteiger partial charge in [-0.1, -0.05) is 6.92 Å². The summed E-state index contributed by atoms with van der Waals surface area (Å²) in [6, 6.07) is 0. The fourth-order valence-corrected chi connectivity index (χ4v) is 3.46. The second-order valence-corrected chi connectivity index (χ2v) is 6.94. The van der Waals surface area contributed by atoms with Crippen molar-refractivity contribution in [1.29, 1.82) is 0 Å². The van der Waals surface area contributed by atoms with Crippen molar-refractivity contribution in [2.45, 2.75) is 51.0 Å². The number of hydrogen-bond donors (Lipinski definition) is 2. The molecule has 0 aromatic rings. The molecule has 0 bridgehead atoms. The summed E-state index contributed by atoms with van der Waals surface area (Å²) >= 11 is 0. The van der Waals surface area contributed by atoms with Gasteiger partial charge in [-0.2, -0.15) is 0 Å². The summed E-state index contributed by atoms with van der Waals surface area (Å²) < 4.78 is 5.54. The Morgan fingerprint density at radius 3 is 2.42 bits per heavy atom. The van der Waals surface area contributed by atoms with Gasteiger partial charge >= 0.3 is 0 Å². The van der Waals surface area contributed by atoms with Crippen molar-refractivity contribution in [3.63, 3.8) is 0 Å². The largest absolute Gasteiger partial charge is 0.368 e. The molecule has 0 radical (unpaired) electrons. The van der Waals surface area contributed by atoms with Crippen molar-refractivity contribution in [1.82, 2.24) is 15.5 Å². The number of ether oxygens (including phenoxy) is 1. The Hall–Kier alpha value is -0.0700. The first-order chi connectivity index (χ1) is 10.7. The van der Waals surface area contributed by atoms with Gasteiger partial charge in [0.05, 0.1) is 0 Å². The number of amides is 1. The Balaban J connectivity index is 0.00000264. The van der Waals surface area contributed by atoms with Crippen LogP contribution in [0.5, 0.6) is 0 Å². The van der Waals surface area contributed by atoms with Crippen LogP contribution in [-0.2, 0) is 9.53 Å². The number of carbonyl (C=O) groups is 1. The zero-order valence-corrected chi connectivity index (χ0v) is 16.8. The lowest BCUT2D eigenvalue weighted by atomic mass is 9.91. The molecule has 2 N–H and O–H groups in total. The standard InChI is InChI=1S/C17H33N3O2.2ClH/c1-15-5-13-20(14-6-15)12-4-3-9-19-16(21)17(22-2)7-10-18-11-8-17;;/h15,18H,3-14H2,1-2H3,(H,19,21);2*1H. The summed E-state index contributed by atoms with van der Waals surface area (Å²) in [6.07, 6.45) is 6.41. The predicted octanol–water partition coefficient (Wildman–Crippen LogP) is 2.23. The molecule has 24 heavy (non-hydrogen) atoms. The number of unbranched alkanes of at least 4 members (excludes halogenated alkanes) is 1. The molecule has 2 aliphatic rings. The number of piperidine rings is 2. The van der Waals surface area contributed by atoms with Crippen LogP contribution in [0.3, 0.4) is 0 Å². The molecule has 0 atom stereocenters. The monoisotopic (exact) mass is 383 g/mol. The van der Waals surface area contributed by atoms with E-state index < -0.39 is 5.60 Å². The summed E-state index contributed by atoms with van der Waals surface area (Å²) in [5.74, 6) is 0.967. The van der Waals surface area contributed by atoms with E-state index in [1.165, 1.54) is 32.5 Å². The minimum Gasteiger partial charge on any atom is -0.368 e. The van der Waals surface area contributed by atoms with Crippen molar-refractivity contribution in [2.24, 2.45) is 5.92 Å². The Morgan fingerprint density at radius 1 is 1.21 bits per heavy atom. The number of hydrogen-bond acceptors (Lipinski definition) is 4. The van der Waals surface area contributed by atoms with Gasteiger partial charge in [-0.25, -0.2) is 0 Å². The fourth-order valence-electron chi connectivity index (χ4n) is 3.46. The van der Waals surface area contributed by atoms with Gasteiger partial charge in [0.2, 0.25) is 0 Å². The highest BCUT2D eigenvalue weighted by molar-refractivity contribution is 5.86. The molecular formula is C17H35Cl2N3O2. The highest BCUT2D eigenvalue weighted by atomic mass is 35.5. The van der Waals surface area contributed by atoms with Gasteiger partial charge in [0, 0.05) is 13.7 Å². The first kappa shape index (κ1) is 23.9. The number of likely N-dealkylation sites (tertiary alicyclic amines) is 1. The number of nitrogens with zero attached hydrogens (tertiary/aromatic N) is 1. The van der Waals surface area contributed by atoms with Crippen molar-refractivity contribution in [2.75, 3.05) is 46.4 Å². The Labute approximate surface area is 159 Å². The highest BCUT2D eigenvalue weighted by Crippen LogP contribution is 2.22. The maximum absolute atomic E-state index is 12.4. The zero-order chi connectivity index (χ0) is 15.8. The van der Waals surface area contributed by atoms with E-state index in [1.54, 1.807) is 7.11 Å². The van der Waals surface area contributed by atoms with E-state index in [2.05, 4.69) is 22.5 Å². The predicted molar refractivity (Wildman–Crippen MR) is 103 cm³/mol. The van der Waals surface area contributed by atoms with Gasteiger partial charge in [0.1, 0.15) is 5.60 Å². The second-order valence-electron chi connectivity index (χ2n) is 6.94. The molecule has 2 fully saturated rings. The van der Waals surface area contributed by atoms with Crippen LogP contribution in [0.25, 0.3) is 0 Å². The molecule has 7 heteroatoms.